The fourth-order valence-electron chi connectivity index (χ4n) is 2.82. The number of ether oxygens (including phenoxy) is 1. The molecule has 1 unspecified atom stereocenters. The van der Waals surface area contributed by atoms with Crippen LogP contribution < -0.4 is 5.32 Å². The van der Waals surface area contributed by atoms with Gasteiger partial charge in [-0.1, -0.05) is 0 Å². The van der Waals surface area contributed by atoms with Crippen molar-refractivity contribution in [3.05, 3.63) is 24.0 Å². The molecule has 0 bridgehead atoms. The Morgan fingerprint density at radius 1 is 1.42 bits per heavy atom. The number of benzene rings is 1. The molecule has 0 amide bonds. The van der Waals surface area contributed by atoms with Gasteiger partial charge in [-0.25, -0.2) is 4.98 Å². The van der Waals surface area contributed by atoms with Gasteiger partial charge in [0.15, 0.2) is 0 Å². The third kappa shape index (κ3) is 2.73. The summed E-state index contributed by atoms with van der Waals surface area (Å²) in [5, 5.41) is 3.61. The summed E-state index contributed by atoms with van der Waals surface area (Å²) in [6.07, 6.45) is 2.09. The number of rotatable bonds is 2. The SMILES string of the molecule is Cc1nc2ccc(NC3CCOC(C)(C)C3)cc2[nH]1. The zero-order valence-electron chi connectivity index (χ0n) is 11.8. The van der Waals surface area contributed by atoms with Gasteiger partial charge >= 0.3 is 0 Å². The summed E-state index contributed by atoms with van der Waals surface area (Å²) in [7, 11) is 0. The van der Waals surface area contributed by atoms with Crippen molar-refractivity contribution in [1.82, 2.24) is 9.97 Å². The minimum Gasteiger partial charge on any atom is -0.382 e. The van der Waals surface area contributed by atoms with Crippen LogP contribution in [0.5, 0.6) is 0 Å². The van der Waals surface area contributed by atoms with Gasteiger partial charge in [0.1, 0.15) is 5.82 Å². The van der Waals surface area contributed by atoms with Crippen molar-refractivity contribution in [1.29, 1.82) is 0 Å². The fraction of sp³-hybridized carbons (Fsp3) is 0.533. The number of anilines is 1. The van der Waals surface area contributed by atoms with Gasteiger partial charge in [0.2, 0.25) is 0 Å². The van der Waals surface area contributed by atoms with E-state index < -0.39 is 0 Å². The van der Waals surface area contributed by atoms with Gasteiger partial charge in [0.05, 0.1) is 16.6 Å². The minimum atomic E-state index is -0.0232. The van der Waals surface area contributed by atoms with E-state index in [9.17, 15) is 0 Å². The lowest BCUT2D eigenvalue weighted by Crippen LogP contribution is -2.40. The predicted molar refractivity (Wildman–Crippen MR) is 77.5 cm³/mol. The van der Waals surface area contributed by atoms with E-state index in [1.807, 2.05) is 6.92 Å². The topological polar surface area (TPSA) is 49.9 Å². The van der Waals surface area contributed by atoms with Crippen LogP contribution in [0.4, 0.5) is 5.69 Å². The van der Waals surface area contributed by atoms with Crippen LogP contribution in [0.25, 0.3) is 11.0 Å². The monoisotopic (exact) mass is 259 g/mol. The van der Waals surface area contributed by atoms with E-state index in [1.165, 1.54) is 0 Å². The van der Waals surface area contributed by atoms with Gasteiger partial charge in [-0.3, -0.25) is 0 Å². The third-order valence-electron chi connectivity index (χ3n) is 3.67. The molecule has 2 N–H and O–H groups in total. The van der Waals surface area contributed by atoms with Crippen molar-refractivity contribution < 1.29 is 4.74 Å². The van der Waals surface area contributed by atoms with Crippen molar-refractivity contribution in [2.24, 2.45) is 0 Å². The average Bonchev–Trinajstić information content (AvgIpc) is 2.67. The highest BCUT2D eigenvalue weighted by atomic mass is 16.5. The first-order valence-electron chi connectivity index (χ1n) is 6.89. The van der Waals surface area contributed by atoms with Gasteiger partial charge in [-0.05, 0) is 51.8 Å². The molecule has 1 aliphatic rings. The van der Waals surface area contributed by atoms with E-state index in [0.29, 0.717) is 6.04 Å². The molecule has 3 rings (SSSR count). The predicted octanol–water partition coefficient (Wildman–Crippen LogP) is 3.24. The molecule has 4 heteroatoms. The van der Waals surface area contributed by atoms with E-state index in [4.69, 9.17) is 4.74 Å². The Morgan fingerprint density at radius 2 is 2.26 bits per heavy atom. The zero-order chi connectivity index (χ0) is 13.5. The molecule has 1 atom stereocenters. The second-order valence-electron chi connectivity index (χ2n) is 6.00. The number of nitrogens with zero attached hydrogens (tertiary/aromatic N) is 1. The Labute approximate surface area is 113 Å². The van der Waals surface area contributed by atoms with Crippen molar-refractivity contribution in [3.63, 3.8) is 0 Å². The number of nitrogens with one attached hydrogen (secondary N) is 2. The highest BCUT2D eigenvalue weighted by molar-refractivity contribution is 5.79. The summed E-state index contributed by atoms with van der Waals surface area (Å²) >= 11 is 0. The maximum Gasteiger partial charge on any atom is 0.104 e. The largest absolute Gasteiger partial charge is 0.382 e. The Kier molecular flexibility index (Phi) is 2.97. The Hall–Kier alpha value is -1.55. The molecule has 2 heterocycles. The maximum absolute atomic E-state index is 5.75. The molecular formula is C15H21N3O. The molecule has 4 nitrogen and oxygen atoms in total. The first-order valence-corrected chi connectivity index (χ1v) is 6.89. The summed E-state index contributed by atoms with van der Waals surface area (Å²) in [6, 6.07) is 6.78. The van der Waals surface area contributed by atoms with Crippen LogP contribution in [0, 0.1) is 6.92 Å². The second-order valence-corrected chi connectivity index (χ2v) is 6.00. The lowest BCUT2D eigenvalue weighted by atomic mass is 9.94. The van der Waals surface area contributed by atoms with Gasteiger partial charge in [0.25, 0.3) is 0 Å². The Balaban J connectivity index is 1.77. The average molecular weight is 259 g/mol. The minimum absolute atomic E-state index is 0.0232. The molecular weight excluding hydrogens is 238 g/mol. The molecule has 1 aromatic heterocycles. The normalized spacial score (nSPS) is 22.6. The van der Waals surface area contributed by atoms with Crippen LogP contribution in [0.3, 0.4) is 0 Å². The Morgan fingerprint density at radius 3 is 3.05 bits per heavy atom. The molecule has 1 saturated heterocycles. The number of imidazole rings is 1. The van der Waals surface area contributed by atoms with Crippen LogP contribution in [-0.4, -0.2) is 28.2 Å². The van der Waals surface area contributed by atoms with Crippen molar-refractivity contribution in [2.45, 2.75) is 45.3 Å². The molecule has 0 saturated carbocycles. The number of H-pyrrole nitrogens is 1. The van der Waals surface area contributed by atoms with Crippen molar-refractivity contribution in [2.75, 3.05) is 11.9 Å². The Bertz CT molecular complexity index is 588. The molecule has 102 valence electrons. The van der Waals surface area contributed by atoms with E-state index in [1.54, 1.807) is 0 Å². The smallest absolute Gasteiger partial charge is 0.104 e. The number of aromatic amines is 1. The highest BCUT2D eigenvalue weighted by Crippen LogP contribution is 2.27. The number of aromatic nitrogens is 2. The van der Waals surface area contributed by atoms with Crippen molar-refractivity contribution in [3.8, 4) is 0 Å². The first-order chi connectivity index (χ1) is 9.02. The molecule has 1 fully saturated rings. The number of hydrogen-bond acceptors (Lipinski definition) is 3. The summed E-state index contributed by atoms with van der Waals surface area (Å²) in [5.41, 5.74) is 3.24. The quantitative estimate of drug-likeness (QED) is 0.870. The van der Waals surface area contributed by atoms with Crippen LogP contribution in [0.1, 0.15) is 32.5 Å². The van der Waals surface area contributed by atoms with E-state index in [-0.39, 0.29) is 5.60 Å². The summed E-state index contributed by atoms with van der Waals surface area (Å²) in [5.74, 6) is 0.958. The molecule has 1 aliphatic heterocycles. The van der Waals surface area contributed by atoms with Gasteiger partial charge in [-0.15, -0.1) is 0 Å². The van der Waals surface area contributed by atoms with E-state index in [2.05, 4.69) is 47.3 Å². The van der Waals surface area contributed by atoms with Gasteiger partial charge < -0.3 is 15.0 Å². The second kappa shape index (κ2) is 4.53. The molecule has 19 heavy (non-hydrogen) atoms. The molecule has 2 aromatic rings. The fourth-order valence-corrected chi connectivity index (χ4v) is 2.82. The summed E-state index contributed by atoms with van der Waals surface area (Å²) in [6.45, 7) is 7.12. The van der Waals surface area contributed by atoms with Crippen LogP contribution in [0.15, 0.2) is 18.2 Å². The van der Waals surface area contributed by atoms with Gasteiger partial charge in [0, 0.05) is 18.3 Å². The summed E-state index contributed by atoms with van der Waals surface area (Å²) < 4.78 is 5.75. The highest BCUT2D eigenvalue weighted by Gasteiger charge is 2.28. The van der Waals surface area contributed by atoms with Crippen LogP contribution >= 0.6 is 0 Å². The third-order valence-corrected chi connectivity index (χ3v) is 3.67. The molecule has 0 aliphatic carbocycles. The number of aryl methyl sites for hydroxylation is 1. The first kappa shape index (κ1) is 12.5. The van der Waals surface area contributed by atoms with Gasteiger partial charge in [-0.2, -0.15) is 0 Å². The van der Waals surface area contributed by atoms with Crippen molar-refractivity contribution >= 4 is 16.7 Å². The molecule has 0 radical (unpaired) electrons. The molecule has 0 spiro atoms. The number of fused-ring (bicyclic) bond motifs is 1. The lowest BCUT2D eigenvalue weighted by molar-refractivity contribution is -0.0553. The summed E-state index contributed by atoms with van der Waals surface area (Å²) in [4.78, 5) is 7.70. The standard InChI is InChI=1S/C15H21N3O/c1-10-16-13-5-4-11(8-14(13)17-10)18-12-6-7-19-15(2,3)9-12/h4-5,8,12,18H,6-7,9H2,1-3H3,(H,16,17). The van der Waals surface area contributed by atoms with E-state index >= 15 is 0 Å². The van der Waals surface area contributed by atoms with E-state index in [0.717, 1.165) is 42.0 Å². The van der Waals surface area contributed by atoms with Crippen LogP contribution in [-0.2, 0) is 4.74 Å². The molecule has 1 aromatic carbocycles. The lowest BCUT2D eigenvalue weighted by Gasteiger charge is -2.36. The zero-order valence-corrected chi connectivity index (χ0v) is 11.8. The maximum atomic E-state index is 5.75. The number of hydrogen-bond donors (Lipinski definition) is 2. The van der Waals surface area contributed by atoms with Crippen LogP contribution in [0.2, 0.25) is 0 Å².